The summed E-state index contributed by atoms with van der Waals surface area (Å²) in [6.45, 7) is 19.9. The van der Waals surface area contributed by atoms with Crippen molar-refractivity contribution in [1.82, 2.24) is 0 Å². The average Bonchev–Trinajstić information content (AvgIpc) is 2.68. The van der Waals surface area contributed by atoms with E-state index in [4.69, 9.17) is 13.3 Å². The molecular weight excluding hydrogens is 388 g/mol. The maximum absolute atomic E-state index is 6.25. The van der Waals surface area contributed by atoms with Crippen molar-refractivity contribution in [3.05, 3.63) is 12.3 Å². The van der Waals surface area contributed by atoms with E-state index >= 15 is 0 Å². The van der Waals surface area contributed by atoms with Gasteiger partial charge < -0.3 is 13.3 Å². The molecular formula is C26H54O3Si. The number of hydrogen-bond acceptors (Lipinski definition) is 3. The van der Waals surface area contributed by atoms with Gasteiger partial charge in [-0.25, -0.2) is 0 Å². The molecule has 0 saturated heterocycles. The van der Waals surface area contributed by atoms with Crippen LogP contribution in [0.15, 0.2) is 12.3 Å². The summed E-state index contributed by atoms with van der Waals surface area (Å²) in [5.41, 5.74) is 1.85. The minimum absolute atomic E-state index is 0.719. The topological polar surface area (TPSA) is 27.7 Å². The van der Waals surface area contributed by atoms with E-state index in [1.807, 2.05) is 5.70 Å². The van der Waals surface area contributed by atoms with Gasteiger partial charge in [0.2, 0.25) is 0 Å². The van der Waals surface area contributed by atoms with Gasteiger partial charge in [-0.15, -0.1) is 0 Å². The normalized spacial score (nSPS) is 12.4. The van der Waals surface area contributed by atoms with Crippen LogP contribution < -0.4 is 0 Å². The predicted molar refractivity (Wildman–Crippen MR) is 134 cm³/mol. The van der Waals surface area contributed by atoms with E-state index in [1.54, 1.807) is 0 Å². The second-order valence-electron chi connectivity index (χ2n) is 10.1. The Balaban J connectivity index is 4.34. The van der Waals surface area contributed by atoms with E-state index in [0.29, 0.717) is 0 Å². The Hall–Kier alpha value is -0.163. The molecule has 0 aromatic heterocycles. The van der Waals surface area contributed by atoms with Gasteiger partial charge >= 0.3 is 8.80 Å². The van der Waals surface area contributed by atoms with Gasteiger partial charge in [0.05, 0.1) is 0 Å². The summed E-state index contributed by atoms with van der Waals surface area (Å²) >= 11 is 0. The highest BCUT2D eigenvalue weighted by Crippen LogP contribution is 2.17. The molecule has 0 unspecified atom stereocenters. The first kappa shape index (κ1) is 29.8. The highest BCUT2D eigenvalue weighted by molar-refractivity contribution is 6.66. The average molecular weight is 443 g/mol. The molecule has 0 fully saturated rings. The molecule has 0 aliphatic rings. The molecule has 180 valence electrons. The van der Waals surface area contributed by atoms with Crippen molar-refractivity contribution >= 4 is 8.80 Å². The lowest BCUT2D eigenvalue weighted by atomic mass is 10.1. The zero-order valence-electron chi connectivity index (χ0n) is 21.3. The van der Waals surface area contributed by atoms with E-state index < -0.39 is 8.80 Å². The molecule has 30 heavy (non-hydrogen) atoms. The van der Waals surface area contributed by atoms with Gasteiger partial charge in [-0.3, -0.25) is 0 Å². The van der Waals surface area contributed by atoms with Crippen molar-refractivity contribution in [3.8, 4) is 0 Å². The molecule has 0 aliphatic heterocycles. The van der Waals surface area contributed by atoms with Crippen LogP contribution in [-0.4, -0.2) is 28.6 Å². The van der Waals surface area contributed by atoms with Gasteiger partial charge in [-0.05, 0) is 42.7 Å². The van der Waals surface area contributed by atoms with E-state index in [9.17, 15) is 0 Å². The third-order valence-corrected chi connectivity index (χ3v) is 7.76. The van der Waals surface area contributed by atoms with Crippen molar-refractivity contribution in [3.63, 3.8) is 0 Å². The van der Waals surface area contributed by atoms with Crippen molar-refractivity contribution < 1.29 is 13.3 Å². The smallest absolute Gasteiger partial charge is 0.370 e. The van der Waals surface area contributed by atoms with Crippen LogP contribution in [0, 0.1) is 17.8 Å². The molecule has 0 amide bonds. The van der Waals surface area contributed by atoms with Gasteiger partial charge in [0.15, 0.2) is 0 Å². The van der Waals surface area contributed by atoms with E-state index in [2.05, 4.69) is 48.1 Å². The van der Waals surface area contributed by atoms with Gasteiger partial charge in [-0.1, -0.05) is 106 Å². The Labute approximate surface area is 190 Å². The van der Waals surface area contributed by atoms with Gasteiger partial charge in [0, 0.05) is 19.8 Å². The third-order valence-electron chi connectivity index (χ3n) is 5.44. The summed E-state index contributed by atoms with van der Waals surface area (Å²) in [5, 5.41) is 0. The first-order valence-electron chi connectivity index (χ1n) is 12.9. The number of hydrogen-bond donors (Lipinski definition) is 0. The Kier molecular flexibility index (Phi) is 19.4. The lowest BCUT2D eigenvalue weighted by Gasteiger charge is -2.27. The van der Waals surface area contributed by atoms with Gasteiger partial charge in [0.1, 0.15) is 0 Å². The lowest BCUT2D eigenvalue weighted by Crippen LogP contribution is -2.45. The van der Waals surface area contributed by atoms with Gasteiger partial charge in [0.25, 0.3) is 0 Å². The van der Waals surface area contributed by atoms with Crippen molar-refractivity contribution in [2.45, 2.75) is 119 Å². The molecule has 0 saturated carbocycles. The monoisotopic (exact) mass is 442 g/mol. The maximum Gasteiger partial charge on any atom is 0.529 e. The van der Waals surface area contributed by atoms with Crippen LogP contribution >= 0.6 is 0 Å². The molecule has 0 radical (unpaired) electrons. The summed E-state index contributed by atoms with van der Waals surface area (Å²) in [6.07, 6.45) is 14.6. The Bertz CT molecular complexity index is 332. The van der Waals surface area contributed by atoms with Crippen LogP contribution in [0.3, 0.4) is 0 Å². The number of unbranched alkanes of at least 4 members (excludes halogenated alkanes) is 6. The fourth-order valence-corrected chi connectivity index (χ4v) is 5.33. The summed E-state index contributed by atoms with van der Waals surface area (Å²) in [5.74, 6) is 2.35. The Morgan fingerprint density at radius 1 is 0.533 bits per heavy atom. The fraction of sp³-hybridized carbons (Fsp3) is 0.923. The van der Waals surface area contributed by atoms with Crippen LogP contribution in [0.25, 0.3) is 0 Å². The molecule has 0 N–H and O–H groups in total. The maximum atomic E-state index is 6.25. The predicted octanol–water partition coefficient (Wildman–Crippen LogP) is 8.35. The van der Waals surface area contributed by atoms with Crippen LogP contribution in [0.5, 0.6) is 0 Å². The molecule has 0 rings (SSSR count). The molecule has 0 heterocycles. The van der Waals surface area contributed by atoms with Crippen molar-refractivity contribution in [1.29, 1.82) is 0 Å². The summed E-state index contributed by atoms with van der Waals surface area (Å²) < 4.78 is 18.8. The molecule has 4 heteroatoms. The molecule has 0 aliphatic carbocycles. The Morgan fingerprint density at radius 2 is 0.833 bits per heavy atom. The zero-order valence-corrected chi connectivity index (χ0v) is 22.3. The lowest BCUT2D eigenvalue weighted by molar-refractivity contribution is 0.0672. The first-order chi connectivity index (χ1) is 14.3. The number of rotatable bonds is 22. The minimum atomic E-state index is -2.75. The van der Waals surface area contributed by atoms with Crippen LogP contribution in [-0.2, 0) is 13.3 Å². The third kappa shape index (κ3) is 18.6. The summed E-state index contributed by atoms with van der Waals surface area (Å²) in [7, 11) is -2.75. The highest BCUT2D eigenvalue weighted by Gasteiger charge is 2.37. The summed E-state index contributed by atoms with van der Waals surface area (Å²) in [6, 6.07) is 0. The molecule has 0 aromatic rings. The molecule has 0 atom stereocenters. The molecule has 0 bridgehead atoms. The van der Waals surface area contributed by atoms with E-state index in [1.165, 1.54) is 57.8 Å². The molecule has 0 aromatic carbocycles. The van der Waals surface area contributed by atoms with Crippen LogP contribution in [0.2, 0.25) is 0 Å². The molecule has 3 nitrogen and oxygen atoms in total. The Morgan fingerprint density at radius 3 is 1.07 bits per heavy atom. The van der Waals surface area contributed by atoms with E-state index in [-0.39, 0.29) is 0 Å². The van der Waals surface area contributed by atoms with E-state index in [0.717, 1.165) is 56.8 Å². The largest absolute Gasteiger partial charge is 0.529 e. The summed E-state index contributed by atoms with van der Waals surface area (Å²) in [4.78, 5) is 0. The first-order valence-corrected chi connectivity index (χ1v) is 14.7. The SMILES string of the molecule is C=C[Si](OCCCCCC(C)C)(OCCCCCC(C)C)OCCCCCC(C)C. The van der Waals surface area contributed by atoms with Crippen LogP contribution in [0.1, 0.15) is 119 Å². The minimum Gasteiger partial charge on any atom is -0.370 e. The molecule has 0 spiro atoms. The van der Waals surface area contributed by atoms with Crippen molar-refractivity contribution in [2.24, 2.45) is 17.8 Å². The standard InChI is InChI=1S/C26H54O3Si/c1-8-30(27-21-15-9-12-18-24(2)3,28-22-16-10-13-19-25(4)5)29-23-17-11-14-20-26(6)7/h8,24-26H,1,9-23H2,2-7H3. The van der Waals surface area contributed by atoms with Gasteiger partial charge in [-0.2, -0.15) is 0 Å². The fourth-order valence-electron chi connectivity index (χ4n) is 3.44. The second kappa shape index (κ2) is 19.5. The quantitative estimate of drug-likeness (QED) is 0.124. The second-order valence-corrected chi connectivity index (χ2v) is 12.6. The zero-order chi connectivity index (χ0) is 22.7. The van der Waals surface area contributed by atoms with Crippen LogP contribution in [0.4, 0.5) is 0 Å². The van der Waals surface area contributed by atoms with Crippen molar-refractivity contribution in [2.75, 3.05) is 19.8 Å². The highest BCUT2D eigenvalue weighted by atomic mass is 28.4.